The van der Waals surface area contributed by atoms with Gasteiger partial charge in [0.25, 0.3) is 0 Å². The zero-order valence-electron chi connectivity index (χ0n) is 15.7. The lowest BCUT2D eigenvalue weighted by molar-refractivity contribution is -0.124. The second-order valence-electron chi connectivity index (χ2n) is 6.48. The van der Waals surface area contributed by atoms with Crippen molar-refractivity contribution in [1.82, 2.24) is 9.62 Å². The molecule has 0 radical (unpaired) electrons. The largest absolute Gasteiger partial charge is 0.489 e. The maximum Gasteiger partial charge on any atom is 0.243 e. The van der Waals surface area contributed by atoms with Crippen molar-refractivity contribution in [3.05, 3.63) is 60.7 Å². The molecule has 1 fully saturated rings. The van der Waals surface area contributed by atoms with Crippen LogP contribution in [0.3, 0.4) is 0 Å². The lowest BCUT2D eigenvalue weighted by atomic mass is 10.2. The van der Waals surface area contributed by atoms with Gasteiger partial charge in [0.1, 0.15) is 17.9 Å². The Bertz CT molecular complexity index is 874. The number of para-hydroxylation sites is 1. The van der Waals surface area contributed by atoms with Gasteiger partial charge < -0.3 is 14.8 Å². The van der Waals surface area contributed by atoms with Crippen molar-refractivity contribution in [2.45, 2.75) is 23.5 Å². The van der Waals surface area contributed by atoms with Gasteiger partial charge in [-0.3, -0.25) is 4.79 Å². The molecule has 3 rings (SSSR count). The number of sulfonamides is 1. The van der Waals surface area contributed by atoms with Gasteiger partial charge in [-0.2, -0.15) is 4.31 Å². The van der Waals surface area contributed by atoms with E-state index in [1.165, 1.54) is 23.5 Å². The number of benzene rings is 2. The molecule has 2 aromatic carbocycles. The van der Waals surface area contributed by atoms with Gasteiger partial charge in [-0.05, 0) is 24.3 Å². The summed E-state index contributed by atoms with van der Waals surface area (Å²) in [7, 11) is -2.29. The van der Waals surface area contributed by atoms with Crippen LogP contribution in [0.5, 0.6) is 5.75 Å². The number of hydrogen-bond donors (Lipinski definition) is 1. The fraction of sp³-hybridized carbons (Fsp3) is 0.350. The van der Waals surface area contributed by atoms with Crippen LogP contribution in [0, 0.1) is 0 Å². The second kappa shape index (κ2) is 9.18. The van der Waals surface area contributed by atoms with Crippen LogP contribution in [-0.4, -0.2) is 57.6 Å². The van der Waals surface area contributed by atoms with E-state index in [0.29, 0.717) is 18.9 Å². The van der Waals surface area contributed by atoms with Crippen LogP contribution in [0.15, 0.2) is 65.6 Å². The fourth-order valence-electron chi connectivity index (χ4n) is 3.17. The molecule has 2 atom stereocenters. The van der Waals surface area contributed by atoms with E-state index >= 15 is 0 Å². The summed E-state index contributed by atoms with van der Waals surface area (Å²) in [6, 6.07) is 16.5. The molecule has 1 heterocycles. The number of nitrogens with one attached hydrogen (secondary N) is 1. The molecular formula is C20H24N2O5S. The topological polar surface area (TPSA) is 84.9 Å². The molecule has 0 aromatic heterocycles. The van der Waals surface area contributed by atoms with E-state index in [1.54, 1.807) is 18.2 Å². The summed E-state index contributed by atoms with van der Waals surface area (Å²) >= 11 is 0. The van der Waals surface area contributed by atoms with Crippen molar-refractivity contribution < 1.29 is 22.7 Å². The van der Waals surface area contributed by atoms with Crippen LogP contribution in [0.2, 0.25) is 0 Å². The molecule has 2 unspecified atom stereocenters. The van der Waals surface area contributed by atoms with Gasteiger partial charge in [-0.1, -0.05) is 36.4 Å². The van der Waals surface area contributed by atoms with Gasteiger partial charge in [0, 0.05) is 20.1 Å². The molecule has 150 valence electrons. The second-order valence-corrected chi connectivity index (χ2v) is 8.37. The number of amides is 1. The number of carbonyl (C=O) groups excluding carboxylic acids is 1. The van der Waals surface area contributed by atoms with Gasteiger partial charge in [0.2, 0.25) is 15.9 Å². The van der Waals surface area contributed by atoms with Crippen molar-refractivity contribution in [2.24, 2.45) is 0 Å². The maximum atomic E-state index is 13.1. The first kappa shape index (κ1) is 20.3. The van der Waals surface area contributed by atoms with Crippen molar-refractivity contribution in [2.75, 3.05) is 26.8 Å². The van der Waals surface area contributed by atoms with Gasteiger partial charge in [0.05, 0.1) is 18.0 Å². The molecule has 0 bridgehead atoms. The lowest BCUT2D eigenvalue weighted by Crippen LogP contribution is -2.46. The zero-order valence-corrected chi connectivity index (χ0v) is 16.5. The minimum Gasteiger partial charge on any atom is -0.489 e. The zero-order chi connectivity index (χ0) is 20.0. The summed E-state index contributed by atoms with van der Waals surface area (Å²) in [5.41, 5.74) is 0. The average Bonchev–Trinajstić information content (AvgIpc) is 3.14. The highest BCUT2D eigenvalue weighted by Crippen LogP contribution is 2.29. The monoisotopic (exact) mass is 404 g/mol. The van der Waals surface area contributed by atoms with E-state index < -0.39 is 22.2 Å². The summed E-state index contributed by atoms with van der Waals surface area (Å²) in [6.45, 7) is 0.775. The van der Waals surface area contributed by atoms with Crippen LogP contribution in [-0.2, 0) is 19.6 Å². The van der Waals surface area contributed by atoms with Crippen LogP contribution in [0.1, 0.15) is 6.42 Å². The first-order chi connectivity index (χ1) is 13.5. The summed E-state index contributed by atoms with van der Waals surface area (Å²) < 4.78 is 38.4. The lowest BCUT2D eigenvalue weighted by Gasteiger charge is -2.23. The number of nitrogens with zero attached hydrogens (tertiary/aromatic N) is 1. The number of rotatable bonds is 8. The molecule has 8 heteroatoms. The van der Waals surface area contributed by atoms with Gasteiger partial charge >= 0.3 is 0 Å². The molecule has 0 saturated carbocycles. The third-order valence-corrected chi connectivity index (χ3v) is 6.41. The maximum absolute atomic E-state index is 13.1. The molecule has 1 aliphatic rings. The Hall–Kier alpha value is -2.42. The van der Waals surface area contributed by atoms with Crippen LogP contribution < -0.4 is 10.1 Å². The highest BCUT2D eigenvalue weighted by molar-refractivity contribution is 7.89. The first-order valence-corrected chi connectivity index (χ1v) is 10.5. The highest BCUT2D eigenvalue weighted by Gasteiger charge is 2.44. The molecule has 0 spiro atoms. The fourth-order valence-corrected chi connectivity index (χ4v) is 4.82. The van der Waals surface area contributed by atoms with Gasteiger partial charge in [-0.15, -0.1) is 0 Å². The molecule has 1 aliphatic heterocycles. The third kappa shape index (κ3) is 4.70. The predicted octanol–water partition coefficient (Wildman–Crippen LogP) is 1.66. The summed E-state index contributed by atoms with van der Waals surface area (Å²) in [4.78, 5) is 12.8. The van der Waals surface area contributed by atoms with E-state index in [9.17, 15) is 13.2 Å². The Kier molecular flexibility index (Phi) is 6.66. The molecule has 28 heavy (non-hydrogen) atoms. The molecule has 1 amide bonds. The summed E-state index contributed by atoms with van der Waals surface area (Å²) in [5, 5.41) is 2.74. The first-order valence-electron chi connectivity index (χ1n) is 9.07. The van der Waals surface area contributed by atoms with E-state index in [-0.39, 0.29) is 23.8 Å². The molecule has 0 aliphatic carbocycles. The molecule has 7 nitrogen and oxygen atoms in total. The summed E-state index contributed by atoms with van der Waals surface area (Å²) in [6.07, 6.45) is -0.140. The number of ether oxygens (including phenoxy) is 2. The number of hydrogen-bond acceptors (Lipinski definition) is 5. The summed E-state index contributed by atoms with van der Waals surface area (Å²) in [5.74, 6) is 0.292. The average molecular weight is 404 g/mol. The SMILES string of the molecule is COCCNC(=O)C1CC(Oc2ccccc2)CN1S(=O)(=O)c1ccccc1. The van der Waals surface area contributed by atoms with Crippen LogP contribution >= 0.6 is 0 Å². The Morgan fingerprint density at radius 3 is 2.39 bits per heavy atom. The smallest absolute Gasteiger partial charge is 0.243 e. The van der Waals surface area contributed by atoms with E-state index in [0.717, 1.165) is 0 Å². The minimum atomic E-state index is -3.83. The minimum absolute atomic E-state index is 0.106. The van der Waals surface area contributed by atoms with Gasteiger partial charge in [-0.25, -0.2) is 8.42 Å². The van der Waals surface area contributed by atoms with E-state index in [4.69, 9.17) is 9.47 Å². The molecular weight excluding hydrogens is 380 g/mol. The van der Waals surface area contributed by atoms with E-state index in [1.807, 2.05) is 30.3 Å². The quantitative estimate of drug-likeness (QED) is 0.677. The number of methoxy groups -OCH3 is 1. The van der Waals surface area contributed by atoms with Gasteiger partial charge in [0.15, 0.2) is 0 Å². The standard InChI is InChI=1S/C20H24N2O5S/c1-26-13-12-21-20(23)19-14-17(27-16-8-4-2-5-9-16)15-22(19)28(24,25)18-10-6-3-7-11-18/h2-11,17,19H,12-15H2,1H3,(H,21,23). The Labute approximate surface area is 165 Å². The van der Waals surface area contributed by atoms with Crippen LogP contribution in [0.4, 0.5) is 0 Å². The molecule has 2 aromatic rings. The van der Waals surface area contributed by atoms with Crippen molar-refractivity contribution in [3.63, 3.8) is 0 Å². The van der Waals surface area contributed by atoms with E-state index in [2.05, 4.69) is 5.32 Å². The highest BCUT2D eigenvalue weighted by atomic mass is 32.2. The van der Waals surface area contributed by atoms with Crippen LogP contribution in [0.25, 0.3) is 0 Å². The number of carbonyl (C=O) groups is 1. The van der Waals surface area contributed by atoms with Crippen molar-refractivity contribution in [3.8, 4) is 5.75 Å². The Balaban J connectivity index is 1.82. The molecule has 1 saturated heterocycles. The Morgan fingerprint density at radius 2 is 1.75 bits per heavy atom. The third-order valence-electron chi connectivity index (χ3n) is 4.52. The Morgan fingerprint density at radius 1 is 1.11 bits per heavy atom. The van der Waals surface area contributed by atoms with Crippen molar-refractivity contribution in [1.29, 1.82) is 0 Å². The predicted molar refractivity (Wildman–Crippen MR) is 104 cm³/mol. The molecule has 1 N–H and O–H groups in total. The normalized spacial score (nSPS) is 20.0. The van der Waals surface area contributed by atoms with Crippen molar-refractivity contribution >= 4 is 15.9 Å².